The van der Waals surface area contributed by atoms with Crippen LogP contribution < -0.4 is 0 Å². The number of carbonyl (C=O) groups is 3. The molecule has 6 atom stereocenters. The van der Waals surface area contributed by atoms with Gasteiger partial charge in [0.1, 0.15) is 6.04 Å². The fraction of sp³-hybridized carbons (Fsp3) is 0.750. The van der Waals surface area contributed by atoms with E-state index >= 15 is 0 Å². The first-order chi connectivity index (χ1) is 17.3. The SMILES string of the molecule is CCCCCN1CC=C[C@]23S[C@@H]4C=CCN(CCC)C(=O)[C@@H]4[C@H]2C(=O)N([C@@H](CO)CC(C)C)C3C1=O. The second-order valence-electron chi connectivity index (χ2n) is 11.2. The van der Waals surface area contributed by atoms with Crippen LogP contribution in [0.3, 0.4) is 0 Å². The largest absolute Gasteiger partial charge is 0.394 e. The van der Waals surface area contributed by atoms with Crippen molar-refractivity contribution in [2.75, 3.05) is 32.8 Å². The number of fused-ring (bicyclic) bond motifs is 2. The van der Waals surface area contributed by atoms with E-state index in [-0.39, 0.29) is 35.5 Å². The van der Waals surface area contributed by atoms with Crippen molar-refractivity contribution in [3.05, 3.63) is 24.3 Å². The molecule has 2 fully saturated rings. The Morgan fingerprint density at radius 2 is 1.72 bits per heavy atom. The van der Waals surface area contributed by atoms with Gasteiger partial charge in [-0.3, -0.25) is 14.4 Å². The first-order valence-electron chi connectivity index (χ1n) is 13.8. The summed E-state index contributed by atoms with van der Waals surface area (Å²) in [6.45, 7) is 10.5. The van der Waals surface area contributed by atoms with Crippen LogP contribution in [-0.2, 0) is 14.4 Å². The molecule has 1 spiro atoms. The predicted octanol–water partition coefficient (Wildman–Crippen LogP) is 3.09. The number of aliphatic hydroxyl groups is 1. The maximum Gasteiger partial charge on any atom is 0.247 e. The van der Waals surface area contributed by atoms with Crippen molar-refractivity contribution >= 4 is 29.5 Å². The molecule has 0 saturated carbocycles. The molecular formula is C28H43N3O4S. The molecule has 1 unspecified atom stereocenters. The highest BCUT2D eigenvalue weighted by molar-refractivity contribution is 8.02. The lowest BCUT2D eigenvalue weighted by molar-refractivity contribution is -0.147. The molecule has 0 aliphatic carbocycles. The summed E-state index contributed by atoms with van der Waals surface area (Å²) in [7, 11) is 0. The standard InChI is InChI=1S/C28H43N3O4S/c1-5-7-8-14-30-16-10-12-28-23(22-21(36-28)11-9-15-29(13-6-2)25(22)33)26(34)31(24(28)27(30)35)20(18-32)17-19(3)4/h9-12,19-24,32H,5-8,13-18H2,1-4H3/t20-,21-,22+,23+,24?,28+/m1/s1. The van der Waals surface area contributed by atoms with Crippen LogP contribution in [-0.4, -0.2) is 92.4 Å². The molecule has 0 aromatic carbocycles. The van der Waals surface area contributed by atoms with Crippen molar-refractivity contribution in [1.82, 2.24) is 14.7 Å². The summed E-state index contributed by atoms with van der Waals surface area (Å²) >= 11 is 1.62. The van der Waals surface area contributed by atoms with Gasteiger partial charge in [0.2, 0.25) is 17.7 Å². The van der Waals surface area contributed by atoms with Gasteiger partial charge in [0.25, 0.3) is 0 Å². The number of thioether (sulfide) groups is 1. The van der Waals surface area contributed by atoms with Gasteiger partial charge in [0, 0.05) is 31.4 Å². The third kappa shape index (κ3) is 4.64. The van der Waals surface area contributed by atoms with Gasteiger partial charge in [-0.25, -0.2) is 0 Å². The minimum absolute atomic E-state index is 0.0180. The number of hydrogen-bond donors (Lipinski definition) is 1. The van der Waals surface area contributed by atoms with Crippen LogP contribution >= 0.6 is 11.8 Å². The average Bonchev–Trinajstić information content (AvgIpc) is 3.17. The summed E-state index contributed by atoms with van der Waals surface area (Å²) < 4.78 is -0.803. The summed E-state index contributed by atoms with van der Waals surface area (Å²) in [5, 5.41) is 10.3. The molecule has 7 nitrogen and oxygen atoms in total. The van der Waals surface area contributed by atoms with Crippen LogP contribution in [0.25, 0.3) is 0 Å². The van der Waals surface area contributed by atoms with Crippen molar-refractivity contribution < 1.29 is 19.5 Å². The van der Waals surface area contributed by atoms with E-state index in [4.69, 9.17) is 0 Å². The second-order valence-corrected chi connectivity index (χ2v) is 12.6. The summed E-state index contributed by atoms with van der Waals surface area (Å²) in [5.74, 6) is -1.02. The van der Waals surface area contributed by atoms with Crippen LogP contribution in [0.5, 0.6) is 0 Å². The van der Waals surface area contributed by atoms with E-state index in [2.05, 4.69) is 45.9 Å². The molecule has 3 amide bonds. The van der Waals surface area contributed by atoms with Crippen LogP contribution in [0.2, 0.25) is 0 Å². The van der Waals surface area contributed by atoms with Crippen LogP contribution in [0.1, 0.15) is 59.8 Å². The van der Waals surface area contributed by atoms with Crippen LogP contribution in [0.4, 0.5) is 0 Å². The van der Waals surface area contributed by atoms with Crippen LogP contribution in [0.15, 0.2) is 24.3 Å². The molecule has 4 rings (SSSR count). The number of aliphatic hydroxyl groups excluding tert-OH is 1. The molecule has 2 saturated heterocycles. The normalized spacial score (nSPS) is 32.6. The molecule has 4 aliphatic heterocycles. The highest BCUT2D eigenvalue weighted by Crippen LogP contribution is 2.61. The van der Waals surface area contributed by atoms with Crippen molar-refractivity contribution in [3.8, 4) is 0 Å². The van der Waals surface area contributed by atoms with Gasteiger partial charge in [-0.15, -0.1) is 11.8 Å². The van der Waals surface area contributed by atoms with E-state index in [0.29, 0.717) is 32.6 Å². The molecule has 4 heterocycles. The molecule has 1 N–H and O–H groups in total. The van der Waals surface area contributed by atoms with Crippen molar-refractivity contribution in [2.45, 2.75) is 81.9 Å². The van der Waals surface area contributed by atoms with Crippen molar-refractivity contribution in [3.63, 3.8) is 0 Å². The van der Waals surface area contributed by atoms with E-state index in [1.54, 1.807) is 16.7 Å². The Balaban J connectivity index is 1.79. The molecule has 0 bridgehead atoms. The molecule has 4 aliphatic rings. The van der Waals surface area contributed by atoms with Crippen molar-refractivity contribution in [2.24, 2.45) is 17.8 Å². The average molecular weight is 518 g/mol. The van der Waals surface area contributed by atoms with Gasteiger partial charge in [-0.2, -0.15) is 0 Å². The third-order valence-electron chi connectivity index (χ3n) is 8.14. The molecule has 0 aromatic rings. The number of nitrogens with zero attached hydrogens (tertiary/aromatic N) is 3. The second kappa shape index (κ2) is 11.3. The summed E-state index contributed by atoms with van der Waals surface area (Å²) in [6, 6.07) is -1.15. The fourth-order valence-corrected chi connectivity index (χ4v) is 8.61. The lowest BCUT2D eigenvalue weighted by Crippen LogP contribution is -2.56. The third-order valence-corrected chi connectivity index (χ3v) is 9.88. The number of hydrogen-bond acceptors (Lipinski definition) is 5. The summed E-state index contributed by atoms with van der Waals surface area (Å²) in [4.78, 5) is 47.8. The van der Waals surface area contributed by atoms with E-state index in [0.717, 1.165) is 25.7 Å². The van der Waals surface area contributed by atoms with Gasteiger partial charge in [-0.05, 0) is 25.2 Å². The zero-order chi connectivity index (χ0) is 26.0. The van der Waals surface area contributed by atoms with Crippen LogP contribution in [0, 0.1) is 17.8 Å². The van der Waals surface area contributed by atoms with E-state index < -0.39 is 28.7 Å². The Kier molecular flexibility index (Phi) is 8.55. The molecule has 8 heteroatoms. The Morgan fingerprint density at radius 1 is 1.00 bits per heavy atom. The number of amides is 3. The Labute approximate surface area is 220 Å². The summed E-state index contributed by atoms with van der Waals surface area (Å²) in [5.41, 5.74) is 0. The minimum atomic E-state index is -0.803. The van der Waals surface area contributed by atoms with Gasteiger partial charge >= 0.3 is 0 Å². The van der Waals surface area contributed by atoms with Gasteiger partial charge in [0.05, 0.1) is 29.2 Å². The monoisotopic (exact) mass is 517 g/mol. The van der Waals surface area contributed by atoms with Gasteiger partial charge in [-0.1, -0.05) is 64.8 Å². The number of unbranched alkanes of at least 4 members (excludes halogenated alkanes) is 2. The Morgan fingerprint density at radius 3 is 2.39 bits per heavy atom. The van der Waals surface area contributed by atoms with E-state index in [9.17, 15) is 19.5 Å². The molecule has 0 radical (unpaired) electrons. The Hall–Kier alpha value is -1.80. The number of likely N-dealkylation sites (tertiary alicyclic amines) is 1. The topological polar surface area (TPSA) is 81.2 Å². The number of rotatable bonds is 10. The maximum atomic E-state index is 14.3. The maximum absolute atomic E-state index is 14.3. The quantitative estimate of drug-likeness (QED) is 0.356. The summed E-state index contributed by atoms with van der Waals surface area (Å²) in [6.07, 6.45) is 12.8. The first-order valence-corrected chi connectivity index (χ1v) is 14.7. The molecular weight excluding hydrogens is 474 g/mol. The highest BCUT2D eigenvalue weighted by atomic mass is 32.2. The number of carbonyl (C=O) groups excluding carboxylic acids is 3. The first kappa shape index (κ1) is 27.2. The highest BCUT2D eigenvalue weighted by Gasteiger charge is 2.71. The molecule has 36 heavy (non-hydrogen) atoms. The Bertz CT molecular complexity index is 905. The molecule has 0 aromatic heterocycles. The predicted molar refractivity (Wildman–Crippen MR) is 143 cm³/mol. The smallest absolute Gasteiger partial charge is 0.247 e. The van der Waals surface area contributed by atoms with Crippen molar-refractivity contribution in [1.29, 1.82) is 0 Å². The van der Waals surface area contributed by atoms with E-state index in [1.165, 1.54) is 0 Å². The lowest BCUT2D eigenvalue weighted by Gasteiger charge is -2.39. The minimum Gasteiger partial charge on any atom is -0.394 e. The zero-order valence-corrected chi connectivity index (χ0v) is 23.1. The van der Waals surface area contributed by atoms with Gasteiger partial charge in [0.15, 0.2) is 0 Å². The lowest BCUT2D eigenvalue weighted by atomic mass is 9.78. The van der Waals surface area contributed by atoms with Gasteiger partial charge < -0.3 is 19.8 Å². The molecule has 200 valence electrons. The van der Waals surface area contributed by atoms with E-state index in [1.807, 2.05) is 15.9 Å². The fourth-order valence-electron chi connectivity index (χ4n) is 6.61. The zero-order valence-electron chi connectivity index (χ0n) is 22.3.